The molecule has 6 heteroatoms. The Morgan fingerprint density at radius 2 is 1.95 bits per heavy atom. The number of nitrogens with one attached hydrogen (secondary N) is 2. The van der Waals surface area contributed by atoms with E-state index in [1.165, 1.54) is 4.88 Å². The third kappa shape index (κ3) is 4.46. The first-order valence-corrected chi connectivity index (χ1v) is 7.78. The number of carboxylic acids is 1. The summed E-state index contributed by atoms with van der Waals surface area (Å²) in [6.07, 6.45) is 0.758. The van der Waals surface area contributed by atoms with Crippen LogP contribution in [0.3, 0.4) is 0 Å². The summed E-state index contributed by atoms with van der Waals surface area (Å²) in [6, 6.07) is 3.63. The van der Waals surface area contributed by atoms with Gasteiger partial charge in [0.2, 0.25) is 0 Å². The van der Waals surface area contributed by atoms with E-state index in [4.69, 9.17) is 0 Å². The van der Waals surface area contributed by atoms with Gasteiger partial charge in [0.1, 0.15) is 0 Å². The minimum absolute atomic E-state index is 0.0209. The van der Waals surface area contributed by atoms with Gasteiger partial charge in [0.05, 0.1) is 11.0 Å². The lowest BCUT2D eigenvalue weighted by Crippen LogP contribution is -2.59. The van der Waals surface area contributed by atoms with Crippen LogP contribution in [0, 0.1) is 5.41 Å². The summed E-state index contributed by atoms with van der Waals surface area (Å²) in [4.78, 5) is 24.6. The van der Waals surface area contributed by atoms with Crippen LogP contribution in [-0.2, 0) is 11.2 Å². The summed E-state index contributed by atoms with van der Waals surface area (Å²) in [5.74, 6) is -0.945. The zero-order valence-electron chi connectivity index (χ0n) is 13.2. The first kappa shape index (κ1) is 17.5. The maximum Gasteiger partial charge on any atom is 0.315 e. The number of urea groups is 1. The van der Waals surface area contributed by atoms with Crippen molar-refractivity contribution < 1.29 is 14.7 Å². The van der Waals surface area contributed by atoms with Crippen LogP contribution in [0.15, 0.2) is 17.5 Å². The summed E-state index contributed by atoms with van der Waals surface area (Å²) >= 11 is 1.65. The number of carbonyl (C=O) groups is 2. The van der Waals surface area contributed by atoms with Gasteiger partial charge in [-0.1, -0.05) is 6.07 Å². The van der Waals surface area contributed by atoms with E-state index in [0.717, 1.165) is 6.42 Å². The maximum atomic E-state index is 12.1. The molecule has 0 radical (unpaired) electrons. The Morgan fingerprint density at radius 1 is 1.33 bits per heavy atom. The van der Waals surface area contributed by atoms with Crippen LogP contribution < -0.4 is 10.6 Å². The molecule has 1 unspecified atom stereocenters. The average molecular weight is 312 g/mol. The number of hydrogen-bond donors (Lipinski definition) is 3. The van der Waals surface area contributed by atoms with Crippen LogP contribution >= 0.6 is 11.3 Å². The van der Waals surface area contributed by atoms with Crippen molar-refractivity contribution in [2.45, 2.75) is 52.6 Å². The van der Waals surface area contributed by atoms with Crippen molar-refractivity contribution in [1.82, 2.24) is 10.6 Å². The largest absolute Gasteiger partial charge is 0.481 e. The molecule has 118 valence electrons. The Hall–Kier alpha value is -1.56. The number of aliphatic carboxylic acids is 1. The Morgan fingerprint density at radius 3 is 2.43 bits per heavy atom. The number of amides is 2. The molecule has 2 amide bonds. The van der Waals surface area contributed by atoms with Gasteiger partial charge in [0.15, 0.2) is 0 Å². The number of rotatable bonds is 6. The lowest BCUT2D eigenvalue weighted by Gasteiger charge is -2.39. The Kier molecular flexibility index (Phi) is 5.39. The third-order valence-corrected chi connectivity index (χ3v) is 4.89. The van der Waals surface area contributed by atoms with Gasteiger partial charge in [-0.15, -0.1) is 11.3 Å². The van der Waals surface area contributed by atoms with E-state index in [2.05, 4.69) is 10.6 Å². The van der Waals surface area contributed by atoms with Gasteiger partial charge in [0, 0.05) is 17.3 Å². The molecule has 0 saturated carbocycles. The molecular weight excluding hydrogens is 288 g/mol. The number of thiophene rings is 1. The smallest absolute Gasteiger partial charge is 0.315 e. The molecule has 1 aromatic rings. The second-order valence-electron chi connectivity index (χ2n) is 6.34. The molecule has 1 atom stereocenters. The first-order chi connectivity index (χ1) is 9.56. The fraction of sp³-hybridized carbons (Fsp3) is 0.600. The second kappa shape index (κ2) is 6.47. The van der Waals surface area contributed by atoms with Gasteiger partial charge in [-0.05, 0) is 46.1 Å². The van der Waals surface area contributed by atoms with Crippen molar-refractivity contribution >= 4 is 23.3 Å². The van der Waals surface area contributed by atoms with Gasteiger partial charge in [0.25, 0.3) is 0 Å². The van der Waals surface area contributed by atoms with E-state index in [-0.39, 0.29) is 12.1 Å². The van der Waals surface area contributed by atoms with Crippen LogP contribution in [0.25, 0.3) is 0 Å². The summed E-state index contributed by atoms with van der Waals surface area (Å²) < 4.78 is 0. The molecule has 0 aromatic carbocycles. The van der Waals surface area contributed by atoms with Gasteiger partial charge >= 0.3 is 12.0 Å². The van der Waals surface area contributed by atoms with Crippen molar-refractivity contribution in [2.24, 2.45) is 5.41 Å². The van der Waals surface area contributed by atoms with Crippen molar-refractivity contribution in [3.05, 3.63) is 22.4 Å². The Bertz CT molecular complexity index is 495. The molecule has 1 heterocycles. The summed E-state index contributed by atoms with van der Waals surface area (Å²) in [6.45, 7) is 8.55. The summed E-state index contributed by atoms with van der Waals surface area (Å²) in [7, 11) is 0. The highest BCUT2D eigenvalue weighted by atomic mass is 32.1. The lowest BCUT2D eigenvalue weighted by molar-refractivity contribution is -0.150. The van der Waals surface area contributed by atoms with E-state index in [1.807, 2.05) is 24.4 Å². The predicted octanol–water partition coefficient (Wildman–Crippen LogP) is 2.87. The fourth-order valence-electron chi connectivity index (χ4n) is 1.75. The summed E-state index contributed by atoms with van der Waals surface area (Å²) in [5.41, 5.74) is -1.94. The fourth-order valence-corrected chi connectivity index (χ4v) is 2.58. The molecular formula is C15H24N2O3S. The second-order valence-corrected chi connectivity index (χ2v) is 7.37. The number of carboxylic acid groups (broad SMARTS) is 1. The van der Waals surface area contributed by atoms with E-state index in [1.54, 1.807) is 39.0 Å². The Balaban J connectivity index is 2.58. The van der Waals surface area contributed by atoms with Crippen LogP contribution in [0.1, 0.15) is 39.5 Å². The molecule has 3 N–H and O–H groups in total. The van der Waals surface area contributed by atoms with Crippen LogP contribution in [0.2, 0.25) is 0 Å². The Labute approximate surface area is 129 Å². The molecule has 0 spiro atoms. The highest BCUT2D eigenvalue weighted by Crippen LogP contribution is 2.30. The standard InChI is InChI=1S/C15H24N2O3S/c1-10(9-11-7-6-8-21-11)16-13(20)17-15(4,5)14(2,3)12(18)19/h6-8,10H,9H2,1-5H3,(H,18,19)(H2,16,17,20). The SMILES string of the molecule is CC(Cc1cccs1)NC(=O)NC(C)(C)C(C)(C)C(=O)O. The molecule has 0 aliphatic rings. The van der Waals surface area contributed by atoms with E-state index in [9.17, 15) is 14.7 Å². The van der Waals surface area contributed by atoms with Gasteiger partial charge in [-0.3, -0.25) is 4.79 Å². The first-order valence-electron chi connectivity index (χ1n) is 6.90. The lowest BCUT2D eigenvalue weighted by atomic mass is 9.74. The zero-order chi connectivity index (χ0) is 16.3. The number of hydrogen-bond acceptors (Lipinski definition) is 3. The molecule has 0 aliphatic heterocycles. The van der Waals surface area contributed by atoms with Crippen molar-refractivity contribution in [3.8, 4) is 0 Å². The molecule has 21 heavy (non-hydrogen) atoms. The van der Waals surface area contributed by atoms with E-state index >= 15 is 0 Å². The van der Waals surface area contributed by atoms with E-state index < -0.39 is 16.9 Å². The minimum atomic E-state index is -1.07. The summed E-state index contributed by atoms with van der Waals surface area (Å²) in [5, 5.41) is 16.9. The quantitative estimate of drug-likeness (QED) is 0.756. The topological polar surface area (TPSA) is 78.4 Å². The van der Waals surface area contributed by atoms with Crippen molar-refractivity contribution in [2.75, 3.05) is 0 Å². The normalized spacial score (nSPS) is 13.6. The maximum absolute atomic E-state index is 12.1. The third-order valence-electron chi connectivity index (χ3n) is 3.99. The molecule has 0 fully saturated rings. The highest BCUT2D eigenvalue weighted by Gasteiger charge is 2.44. The van der Waals surface area contributed by atoms with Crippen molar-refractivity contribution in [1.29, 1.82) is 0 Å². The minimum Gasteiger partial charge on any atom is -0.481 e. The molecule has 5 nitrogen and oxygen atoms in total. The van der Waals surface area contributed by atoms with Crippen LogP contribution in [-0.4, -0.2) is 28.7 Å². The molecule has 0 aliphatic carbocycles. The predicted molar refractivity (Wildman–Crippen MR) is 84.6 cm³/mol. The van der Waals surface area contributed by atoms with Crippen molar-refractivity contribution in [3.63, 3.8) is 0 Å². The van der Waals surface area contributed by atoms with Crippen LogP contribution in [0.4, 0.5) is 4.79 Å². The van der Waals surface area contributed by atoms with Gasteiger partial charge in [-0.25, -0.2) is 4.79 Å². The highest BCUT2D eigenvalue weighted by molar-refractivity contribution is 7.09. The molecule has 1 aromatic heterocycles. The molecule has 1 rings (SSSR count). The van der Waals surface area contributed by atoms with Crippen LogP contribution in [0.5, 0.6) is 0 Å². The average Bonchev–Trinajstić information content (AvgIpc) is 2.79. The molecule has 0 bridgehead atoms. The van der Waals surface area contributed by atoms with Gasteiger partial charge < -0.3 is 15.7 Å². The molecule has 0 saturated heterocycles. The zero-order valence-corrected chi connectivity index (χ0v) is 14.0. The van der Waals surface area contributed by atoms with E-state index in [0.29, 0.717) is 0 Å². The monoisotopic (exact) mass is 312 g/mol. The number of carbonyl (C=O) groups excluding carboxylic acids is 1. The van der Waals surface area contributed by atoms with Gasteiger partial charge in [-0.2, -0.15) is 0 Å².